The monoisotopic (exact) mass is 434 g/mol. The van der Waals surface area contributed by atoms with Crippen molar-refractivity contribution in [2.45, 2.75) is 25.3 Å². The molecule has 0 aliphatic carbocycles. The molecule has 32 heavy (non-hydrogen) atoms. The Bertz CT molecular complexity index is 1060. The summed E-state index contributed by atoms with van der Waals surface area (Å²) in [5.74, 6) is -0.338. The van der Waals surface area contributed by atoms with Gasteiger partial charge in [-0.15, -0.1) is 0 Å². The molecule has 2 aromatic carbocycles. The van der Waals surface area contributed by atoms with Crippen molar-refractivity contribution in [3.63, 3.8) is 0 Å². The first-order valence-electron chi connectivity index (χ1n) is 11.1. The predicted octanol–water partition coefficient (Wildman–Crippen LogP) is 3.32. The molecule has 0 bridgehead atoms. The van der Waals surface area contributed by atoms with E-state index in [1.165, 1.54) is 6.42 Å². The second-order valence-electron chi connectivity index (χ2n) is 8.37. The summed E-state index contributed by atoms with van der Waals surface area (Å²) in [5, 5.41) is 11.2. The van der Waals surface area contributed by atoms with E-state index in [0.717, 1.165) is 31.5 Å². The SMILES string of the molecule is O=C1C(=O)N(CCN2CCCCC2)C(c2ccccc2)/C1=C(\O)c1ccc2c(c1)OCO2. The van der Waals surface area contributed by atoms with Gasteiger partial charge in [0.25, 0.3) is 11.7 Å². The van der Waals surface area contributed by atoms with Crippen LogP contribution in [0.5, 0.6) is 11.5 Å². The Hall–Kier alpha value is -3.32. The van der Waals surface area contributed by atoms with E-state index in [1.807, 2.05) is 30.3 Å². The first-order chi connectivity index (χ1) is 15.6. The van der Waals surface area contributed by atoms with Gasteiger partial charge in [0.15, 0.2) is 11.5 Å². The van der Waals surface area contributed by atoms with Crippen LogP contribution in [0.2, 0.25) is 0 Å². The molecule has 0 radical (unpaired) electrons. The Morgan fingerprint density at radius 3 is 2.47 bits per heavy atom. The van der Waals surface area contributed by atoms with E-state index in [0.29, 0.717) is 30.2 Å². The van der Waals surface area contributed by atoms with Crippen molar-refractivity contribution >= 4 is 17.4 Å². The summed E-state index contributed by atoms with van der Waals surface area (Å²) in [6.45, 7) is 3.28. The largest absolute Gasteiger partial charge is 0.507 e. The Balaban J connectivity index is 1.52. The molecule has 1 amide bonds. The molecule has 2 aromatic rings. The number of carbonyl (C=O) groups excluding carboxylic acids is 2. The van der Waals surface area contributed by atoms with Crippen LogP contribution in [0.1, 0.15) is 36.4 Å². The van der Waals surface area contributed by atoms with E-state index in [1.54, 1.807) is 23.1 Å². The number of amides is 1. The number of ketones is 1. The summed E-state index contributed by atoms with van der Waals surface area (Å²) in [6.07, 6.45) is 3.55. The number of Topliss-reactive ketones (excluding diaryl/α,β-unsaturated/α-hetero) is 1. The van der Waals surface area contributed by atoms with Gasteiger partial charge in [-0.3, -0.25) is 9.59 Å². The Morgan fingerprint density at radius 2 is 1.69 bits per heavy atom. The highest BCUT2D eigenvalue weighted by atomic mass is 16.7. The lowest BCUT2D eigenvalue weighted by Gasteiger charge is -2.31. The molecular weight excluding hydrogens is 408 g/mol. The summed E-state index contributed by atoms with van der Waals surface area (Å²) < 4.78 is 10.8. The number of nitrogens with zero attached hydrogens (tertiary/aromatic N) is 2. The quantitative estimate of drug-likeness (QED) is 0.442. The van der Waals surface area contributed by atoms with Gasteiger partial charge in [-0.2, -0.15) is 0 Å². The van der Waals surface area contributed by atoms with Crippen molar-refractivity contribution in [2.75, 3.05) is 33.0 Å². The Kier molecular flexibility index (Phi) is 5.57. The summed E-state index contributed by atoms with van der Waals surface area (Å²) in [6, 6.07) is 13.8. The zero-order chi connectivity index (χ0) is 22.1. The Morgan fingerprint density at radius 1 is 0.938 bits per heavy atom. The molecule has 7 nitrogen and oxygen atoms in total. The number of aliphatic hydroxyl groups is 1. The number of benzene rings is 2. The second kappa shape index (κ2) is 8.67. The van der Waals surface area contributed by atoms with Gasteiger partial charge in [0.2, 0.25) is 6.79 Å². The average Bonchev–Trinajstić information content (AvgIpc) is 3.40. The number of rotatable bonds is 5. The van der Waals surface area contributed by atoms with Crippen molar-refractivity contribution in [2.24, 2.45) is 0 Å². The number of fused-ring (bicyclic) bond motifs is 1. The predicted molar refractivity (Wildman–Crippen MR) is 118 cm³/mol. The fraction of sp³-hybridized carbons (Fsp3) is 0.360. The average molecular weight is 434 g/mol. The van der Waals surface area contributed by atoms with Crippen LogP contribution in [-0.4, -0.2) is 59.6 Å². The van der Waals surface area contributed by atoms with Crippen LogP contribution in [0.15, 0.2) is 54.1 Å². The molecule has 0 aromatic heterocycles. The lowest BCUT2D eigenvalue weighted by molar-refractivity contribution is -0.140. The van der Waals surface area contributed by atoms with E-state index in [2.05, 4.69) is 4.90 Å². The van der Waals surface area contributed by atoms with Crippen LogP contribution >= 0.6 is 0 Å². The molecule has 0 spiro atoms. The van der Waals surface area contributed by atoms with E-state index >= 15 is 0 Å². The molecule has 2 fully saturated rings. The van der Waals surface area contributed by atoms with Gasteiger partial charge >= 0.3 is 0 Å². The molecule has 5 rings (SSSR count). The van der Waals surface area contributed by atoms with Gasteiger partial charge in [-0.05, 0) is 49.7 Å². The van der Waals surface area contributed by atoms with Crippen LogP contribution in [0.3, 0.4) is 0 Å². The third-order valence-electron chi connectivity index (χ3n) is 6.41. The summed E-state index contributed by atoms with van der Waals surface area (Å²) in [4.78, 5) is 30.1. The number of hydrogen-bond acceptors (Lipinski definition) is 6. The van der Waals surface area contributed by atoms with Crippen molar-refractivity contribution in [3.05, 3.63) is 65.2 Å². The van der Waals surface area contributed by atoms with Crippen LogP contribution in [-0.2, 0) is 9.59 Å². The van der Waals surface area contributed by atoms with E-state index in [9.17, 15) is 14.7 Å². The fourth-order valence-corrected chi connectivity index (χ4v) is 4.72. The third kappa shape index (κ3) is 3.73. The molecule has 1 unspecified atom stereocenters. The second-order valence-corrected chi connectivity index (χ2v) is 8.37. The van der Waals surface area contributed by atoms with Gasteiger partial charge < -0.3 is 24.4 Å². The number of carbonyl (C=O) groups is 2. The van der Waals surface area contributed by atoms with Crippen LogP contribution in [0.25, 0.3) is 5.76 Å². The molecule has 3 heterocycles. The number of hydrogen-bond donors (Lipinski definition) is 1. The summed E-state index contributed by atoms with van der Waals surface area (Å²) >= 11 is 0. The molecule has 166 valence electrons. The summed E-state index contributed by atoms with van der Waals surface area (Å²) in [7, 11) is 0. The number of piperidine rings is 1. The van der Waals surface area contributed by atoms with E-state index < -0.39 is 17.7 Å². The van der Waals surface area contributed by atoms with Crippen LogP contribution < -0.4 is 9.47 Å². The fourth-order valence-electron chi connectivity index (χ4n) is 4.72. The number of aliphatic hydroxyl groups excluding tert-OH is 1. The van der Waals surface area contributed by atoms with Crippen LogP contribution in [0.4, 0.5) is 0 Å². The van der Waals surface area contributed by atoms with E-state index in [4.69, 9.17) is 9.47 Å². The van der Waals surface area contributed by atoms with Crippen molar-refractivity contribution in [1.29, 1.82) is 0 Å². The zero-order valence-corrected chi connectivity index (χ0v) is 17.8. The topological polar surface area (TPSA) is 79.3 Å². The maximum Gasteiger partial charge on any atom is 0.295 e. The van der Waals surface area contributed by atoms with Crippen LogP contribution in [0, 0.1) is 0 Å². The first kappa shape index (κ1) is 20.6. The third-order valence-corrected chi connectivity index (χ3v) is 6.41. The van der Waals surface area contributed by atoms with Crippen molar-refractivity contribution < 1.29 is 24.2 Å². The highest BCUT2D eigenvalue weighted by Crippen LogP contribution is 2.41. The van der Waals surface area contributed by atoms with Crippen molar-refractivity contribution in [3.8, 4) is 11.5 Å². The standard InChI is InChI=1S/C25H26N2O5/c28-23(18-9-10-19-20(15-18)32-16-31-19)21-22(17-7-3-1-4-8-17)27(25(30)24(21)29)14-13-26-11-5-2-6-12-26/h1,3-4,7-10,15,22,28H,2,5-6,11-14,16H2/b23-21+. The molecule has 3 aliphatic heterocycles. The van der Waals surface area contributed by atoms with Gasteiger partial charge in [0.1, 0.15) is 5.76 Å². The van der Waals surface area contributed by atoms with Gasteiger partial charge in [-0.1, -0.05) is 36.8 Å². The van der Waals surface area contributed by atoms with E-state index in [-0.39, 0.29) is 18.1 Å². The molecule has 1 N–H and O–H groups in total. The molecule has 7 heteroatoms. The minimum atomic E-state index is -0.660. The molecule has 2 saturated heterocycles. The highest BCUT2D eigenvalue weighted by molar-refractivity contribution is 6.46. The van der Waals surface area contributed by atoms with Crippen molar-refractivity contribution in [1.82, 2.24) is 9.80 Å². The molecular formula is C25H26N2O5. The summed E-state index contributed by atoms with van der Waals surface area (Å²) in [5.41, 5.74) is 1.33. The van der Waals surface area contributed by atoms with Gasteiger partial charge in [0.05, 0.1) is 11.6 Å². The lowest BCUT2D eigenvalue weighted by atomic mass is 9.95. The molecule has 1 atom stereocenters. The number of likely N-dealkylation sites (tertiary alicyclic amines) is 2. The van der Waals surface area contributed by atoms with Gasteiger partial charge in [-0.25, -0.2) is 0 Å². The minimum absolute atomic E-state index is 0.110. The molecule has 3 aliphatic rings. The first-order valence-corrected chi connectivity index (χ1v) is 11.1. The minimum Gasteiger partial charge on any atom is -0.507 e. The highest BCUT2D eigenvalue weighted by Gasteiger charge is 2.46. The lowest BCUT2D eigenvalue weighted by Crippen LogP contribution is -2.39. The normalized spacial score (nSPS) is 22.5. The molecule has 0 saturated carbocycles. The number of ether oxygens (including phenoxy) is 2. The Labute approximate surface area is 186 Å². The van der Waals surface area contributed by atoms with Gasteiger partial charge in [0, 0.05) is 18.7 Å². The maximum atomic E-state index is 13.1. The maximum absolute atomic E-state index is 13.1. The zero-order valence-electron chi connectivity index (χ0n) is 17.8. The smallest absolute Gasteiger partial charge is 0.295 e.